The van der Waals surface area contributed by atoms with E-state index in [-0.39, 0.29) is 17.3 Å². The molecule has 2 aromatic carbocycles. The minimum Gasteiger partial charge on any atom is -0.465 e. The van der Waals surface area contributed by atoms with Crippen molar-refractivity contribution < 1.29 is 9.53 Å². The number of nitrogens with zero attached hydrogens (tertiary/aromatic N) is 1. The van der Waals surface area contributed by atoms with Gasteiger partial charge >= 0.3 is 5.97 Å². The lowest BCUT2D eigenvalue weighted by molar-refractivity contribution is -0.148. The lowest BCUT2D eigenvalue weighted by Gasteiger charge is -2.44. The molecule has 3 aliphatic rings. The van der Waals surface area contributed by atoms with Crippen molar-refractivity contribution in [2.45, 2.75) is 50.0 Å². The van der Waals surface area contributed by atoms with E-state index in [1.54, 1.807) is 0 Å². The molecule has 3 heteroatoms. The molecule has 29 heavy (non-hydrogen) atoms. The largest absolute Gasteiger partial charge is 0.465 e. The van der Waals surface area contributed by atoms with Crippen molar-refractivity contribution in [3.8, 4) is 0 Å². The first-order valence-electron chi connectivity index (χ1n) is 11.3. The first-order valence-corrected chi connectivity index (χ1v) is 11.3. The average molecular weight is 390 g/mol. The number of fused-ring (bicyclic) bond motifs is 1. The Morgan fingerprint density at radius 1 is 0.897 bits per heavy atom. The molecule has 1 saturated carbocycles. The van der Waals surface area contributed by atoms with E-state index in [0.29, 0.717) is 18.6 Å². The highest BCUT2D eigenvalue weighted by Crippen LogP contribution is 2.59. The lowest BCUT2D eigenvalue weighted by atomic mass is 9.84. The van der Waals surface area contributed by atoms with E-state index in [0.717, 1.165) is 6.42 Å². The molecular weight excluding hydrogens is 358 g/mol. The van der Waals surface area contributed by atoms with Gasteiger partial charge in [0.2, 0.25) is 0 Å². The van der Waals surface area contributed by atoms with Gasteiger partial charge in [0.1, 0.15) is 0 Å². The van der Waals surface area contributed by atoms with Crippen LogP contribution in [0.4, 0.5) is 0 Å². The third-order valence-corrected chi connectivity index (χ3v) is 7.49. The molecule has 0 amide bonds. The van der Waals surface area contributed by atoms with E-state index < -0.39 is 0 Å². The minimum atomic E-state index is -0.219. The summed E-state index contributed by atoms with van der Waals surface area (Å²) >= 11 is 0. The summed E-state index contributed by atoms with van der Waals surface area (Å²) in [6.45, 7) is 3.04. The Bertz CT molecular complexity index is 793. The summed E-state index contributed by atoms with van der Waals surface area (Å²) < 4.78 is 5.99. The van der Waals surface area contributed by atoms with Crippen molar-refractivity contribution >= 4 is 5.97 Å². The lowest BCUT2D eigenvalue weighted by Crippen LogP contribution is -2.49. The molecule has 0 bridgehead atoms. The van der Waals surface area contributed by atoms with Crippen LogP contribution in [0.5, 0.6) is 0 Å². The molecule has 3 unspecified atom stereocenters. The summed E-state index contributed by atoms with van der Waals surface area (Å²) in [5, 5.41) is 0. The fourth-order valence-electron chi connectivity index (χ4n) is 5.88. The quantitative estimate of drug-likeness (QED) is 0.688. The smallest absolute Gasteiger partial charge is 0.310 e. The van der Waals surface area contributed by atoms with Crippen LogP contribution < -0.4 is 0 Å². The van der Waals surface area contributed by atoms with E-state index in [9.17, 15) is 4.79 Å². The van der Waals surface area contributed by atoms with Gasteiger partial charge in [0.05, 0.1) is 12.5 Å². The second-order valence-corrected chi connectivity index (χ2v) is 9.09. The van der Waals surface area contributed by atoms with Crippen molar-refractivity contribution in [2.75, 3.05) is 19.7 Å². The van der Waals surface area contributed by atoms with E-state index in [1.165, 1.54) is 56.3 Å². The second kappa shape index (κ2) is 7.95. The summed E-state index contributed by atoms with van der Waals surface area (Å²) in [5.74, 6) is 0.429. The van der Waals surface area contributed by atoms with E-state index >= 15 is 0 Å². The molecule has 152 valence electrons. The maximum atomic E-state index is 13.1. The molecule has 3 nitrogen and oxygen atoms in total. The summed E-state index contributed by atoms with van der Waals surface area (Å²) in [6, 6.07) is 21.6. The van der Waals surface area contributed by atoms with Crippen molar-refractivity contribution in [2.24, 2.45) is 11.8 Å². The van der Waals surface area contributed by atoms with Gasteiger partial charge in [-0.05, 0) is 56.3 Å². The van der Waals surface area contributed by atoms with Crippen LogP contribution in [0.3, 0.4) is 0 Å². The maximum absolute atomic E-state index is 13.1. The molecule has 2 saturated heterocycles. The van der Waals surface area contributed by atoms with Crippen molar-refractivity contribution in [1.82, 2.24) is 4.90 Å². The Hall–Kier alpha value is -2.13. The molecule has 2 heterocycles. The van der Waals surface area contributed by atoms with Crippen LogP contribution in [0.25, 0.3) is 0 Å². The highest BCUT2D eigenvalue weighted by atomic mass is 16.5. The Balaban J connectivity index is 1.30. The number of benzene rings is 2. The van der Waals surface area contributed by atoms with Crippen LogP contribution in [0.1, 0.15) is 49.7 Å². The molecule has 2 aliphatic heterocycles. The van der Waals surface area contributed by atoms with Crippen LogP contribution in [-0.2, 0) is 14.9 Å². The fourth-order valence-corrected chi connectivity index (χ4v) is 5.88. The van der Waals surface area contributed by atoms with Gasteiger partial charge in [0.15, 0.2) is 0 Å². The zero-order valence-electron chi connectivity index (χ0n) is 17.1. The molecule has 0 spiro atoms. The first-order chi connectivity index (χ1) is 14.3. The molecule has 1 aliphatic carbocycles. The Morgan fingerprint density at radius 2 is 1.55 bits per heavy atom. The van der Waals surface area contributed by atoms with Crippen LogP contribution in [0.15, 0.2) is 60.7 Å². The van der Waals surface area contributed by atoms with E-state index in [4.69, 9.17) is 4.74 Å². The van der Waals surface area contributed by atoms with Gasteiger partial charge < -0.3 is 4.74 Å². The van der Waals surface area contributed by atoms with Gasteiger partial charge in [-0.2, -0.15) is 0 Å². The zero-order chi connectivity index (χ0) is 19.7. The summed E-state index contributed by atoms with van der Waals surface area (Å²) in [7, 11) is 0. The van der Waals surface area contributed by atoms with Crippen molar-refractivity contribution in [3.63, 3.8) is 0 Å². The van der Waals surface area contributed by atoms with Gasteiger partial charge in [-0.25, -0.2) is 0 Å². The van der Waals surface area contributed by atoms with Gasteiger partial charge in [-0.3, -0.25) is 9.69 Å². The van der Waals surface area contributed by atoms with Gasteiger partial charge in [-0.1, -0.05) is 67.1 Å². The van der Waals surface area contributed by atoms with Crippen LogP contribution >= 0.6 is 0 Å². The predicted octanol–water partition coefficient (Wildman–Crippen LogP) is 4.80. The molecule has 5 rings (SSSR count). The number of hydrogen-bond donors (Lipinski definition) is 0. The summed E-state index contributed by atoms with van der Waals surface area (Å²) in [5.41, 5.74) is 2.23. The SMILES string of the molecule is O=C(OCC1CCCN2CCCCC12)C1CC1(c1ccccc1)c1ccccc1. The van der Waals surface area contributed by atoms with Crippen LogP contribution in [0.2, 0.25) is 0 Å². The number of carbonyl (C=O) groups excluding carboxylic acids is 1. The van der Waals surface area contributed by atoms with E-state index in [2.05, 4.69) is 53.4 Å². The number of esters is 1. The fraction of sp³-hybridized carbons (Fsp3) is 0.500. The molecule has 3 atom stereocenters. The molecule has 0 N–H and O–H groups in total. The Morgan fingerprint density at radius 3 is 2.24 bits per heavy atom. The number of rotatable bonds is 5. The van der Waals surface area contributed by atoms with Gasteiger partial charge in [-0.15, -0.1) is 0 Å². The highest BCUT2D eigenvalue weighted by Gasteiger charge is 2.61. The topological polar surface area (TPSA) is 29.5 Å². The van der Waals surface area contributed by atoms with Crippen molar-refractivity contribution in [1.29, 1.82) is 0 Å². The number of piperidine rings is 2. The molecule has 2 aromatic rings. The number of ether oxygens (including phenoxy) is 1. The number of carbonyl (C=O) groups is 1. The highest BCUT2D eigenvalue weighted by molar-refractivity contribution is 5.81. The van der Waals surface area contributed by atoms with Gasteiger partial charge in [0, 0.05) is 17.4 Å². The van der Waals surface area contributed by atoms with E-state index in [1.807, 2.05) is 12.1 Å². The molecule has 3 fully saturated rings. The third kappa shape index (κ3) is 3.50. The monoisotopic (exact) mass is 389 g/mol. The molecular formula is C26H31NO2. The summed E-state index contributed by atoms with van der Waals surface area (Å²) in [4.78, 5) is 15.8. The van der Waals surface area contributed by atoms with Crippen LogP contribution in [-0.4, -0.2) is 36.6 Å². The predicted molar refractivity (Wildman–Crippen MR) is 115 cm³/mol. The third-order valence-electron chi connectivity index (χ3n) is 7.49. The van der Waals surface area contributed by atoms with Gasteiger partial charge in [0.25, 0.3) is 0 Å². The molecule has 0 radical (unpaired) electrons. The normalized spacial score (nSPS) is 28.3. The Labute approximate surface area is 174 Å². The van der Waals surface area contributed by atoms with Crippen molar-refractivity contribution in [3.05, 3.63) is 71.8 Å². The second-order valence-electron chi connectivity index (χ2n) is 9.09. The van der Waals surface area contributed by atoms with Crippen LogP contribution in [0, 0.1) is 11.8 Å². The maximum Gasteiger partial charge on any atom is 0.310 e. The minimum absolute atomic E-state index is 0.00867. The molecule has 0 aromatic heterocycles. The summed E-state index contributed by atoms with van der Waals surface area (Å²) in [6.07, 6.45) is 7.19. The Kier molecular flexibility index (Phi) is 5.17. The first kappa shape index (κ1) is 18.9. The average Bonchev–Trinajstić information content (AvgIpc) is 3.56. The number of hydrogen-bond acceptors (Lipinski definition) is 3. The zero-order valence-corrected chi connectivity index (χ0v) is 17.1. The standard InChI is InChI=1S/C26H31NO2/c28-25(29-19-20-10-9-17-27-16-8-7-15-24(20)27)23-18-26(23,21-11-3-1-4-12-21)22-13-5-2-6-14-22/h1-6,11-14,20,23-24H,7-10,15-19H2.